The highest BCUT2D eigenvalue weighted by atomic mass is 35.5. The third-order valence-corrected chi connectivity index (χ3v) is 2.94. The highest BCUT2D eigenvalue weighted by Gasteiger charge is 2.12. The number of nitrogens with two attached hydrogens (primary N) is 2. The number of nitrogens with one attached hydrogen (secondary N) is 1. The average molecular weight is 270 g/mol. The summed E-state index contributed by atoms with van der Waals surface area (Å²) in [6.45, 7) is 5.10. The van der Waals surface area contributed by atoms with Crippen molar-refractivity contribution in [3.63, 3.8) is 0 Å². The number of anilines is 2. The summed E-state index contributed by atoms with van der Waals surface area (Å²) in [5.74, 6) is 0.125. The monoisotopic (exact) mass is 269 g/mol. The molecule has 1 aromatic carbocycles. The first kappa shape index (κ1) is 14.6. The molecule has 0 aromatic heterocycles. The van der Waals surface area contributed by atoms with E-state index in [1.54, 1.807) is 12.1 Å². The summed E-state index contributed by atoms with van der Waals surface area (Å²) in [7, 11) is 0. The van der Waals surface area contributed by atoms with E-state index in [0.717, 1.165) is 19.4 Å². The fraction of sp³-hybridized carbons (Fsp3) is 0.462. The zero-order valence-corrected chi connectivity index (χ0v) is 11.6. The number of hydrogen-bond acceptors (Lipinski definition) is 3. The minimum Gasteiger partial charge on any atom is -0.399 e. The molecule has 0 atom stereocenters. The maximum absolute atomic E-state index is 11.3. The lowest BCUT2D eigenvalue weighted by Gasteiger charge is -2.13. The van der Waals surface area contributed by atoms with Gasteiger partial charge in [0.15, 0.2) is 0 Å². The van der Waals surface area contributed by atoms with Gasteiger partial charge in [-0.1, -0.05) is 25.4 Å². The highest BCUT2D eigenvalue weighted by Crippen LogP contribution is 2.29. The van der Waals surface area contributed by atoms with Crippen LogP contribution in [0.15, 0.2) is 12.1 Å². The van der Waals surface area contributed by atoms with Gasteiger partial charge in [0.2, 0.25) is 0 Å². The lowest BCUT2D eigenvalue weighted by molar-refractivity contribution is 0.100. The Balaban J connectivity index is 2.77. The molecule has 0 spiro atoms. The summed E-state index contributed by atoms with van der Waals surface area (Å²) in [4.78, 5) is 11.3. The van der Waals surface area contributed by atoms with Gasteiger partial charge in [-0.05, 0) is 30.9 Å². The Bertz CT molecular complexity index is 432. The standard InChI is InChI=1S/C13H20ClN3O/c1-8(2)4-3-5-17-12-10(13(16)18)6-9(15)7-11(12)14/h6-8,17H,3-5,15H2,1-2H3,(H2,16,18). The van der Waals surface area contributed by atoms with Crippen LogP contribution in [0, 0.1) is 5.92 Å². The second-order valence-electron chi connectivity index (χ2n) is 4.75. The van der Waals surface area contributed by atoms with Crippen molar-refractivity contribution in [3.05, 3.63) is 22.7 Å². The number of carbonyl (C=O) groups is 1. The average Bonchev–Trinajstić information content (AvgIpc) is 2.25. The summed E-state index contributed by atoms with van der Waals surface area (Å²) < 4.78 is 0. The van der Waals surface area contributed by atoms with Crippen LogP contribution in [0.25, 0.3) is 0 Å². The molecule has 0 bridgehead atoms. The van der Waals surface area contributed by atoms with Crippen molar-refractivity contribution in [2.45, 2.75) is 26.7 Å². The van der Waals surface area contributed by atoms with Gasteiger partial charge in [-0.3, -0.25) is 4.79 Å². The molecule has 1 rings (SSSR count). The summed E-state index contributed by atoms with van der Waals surface area (Å²) in [6, 6.07) is 3.15. The van der Waals surface area contributed by atoms with Gasteiger partial charge in [0.05, 0.1) is 16.3 Å². The van der Waals surface area contributed by atoms with E-state index < -0.39 is 5.91 Å². The molecule has 1 aromatic rings. The molecule has 18 heavy (non-hydrogen) atoms. The van der Waals surface area contributed by atoms with Crippen molar-refractivity contribution in [1.29, 1.82) is 0 Å². The molecule has 4 nitrogen and oxygen atoms in total. The molecule has 0 saturated heterocycles. The van der Waals surface area contributed by atoms with Crippen LogP contribution in [-0.4, -0.2) is 12.5 Å². The topological polar surface area (TPSA) is 81.1 Å². The van der Waals surface area contributed by atoms with Crippen molar-refractivity contribution in [1.82, 2.24) is 0 Å². The Kier molecular flexibility index (Phi) is 5.28. The number of halogens is 1. The lowest BCUT2D eigenvalue weighted by Crippen LogP contribution is -2.16. The van der Waals surface area contributed by atoms with E-state index in [1.807, 2.05) is 0 Å². The highest BCUT2D eigenvalue weighted by molar-refractivity contribution is 6.34. The Morgan fingerprint density at radius 1 is 1.44 bits per heavy atom. The van der Waals surface area contributed by atoms with Gasteiger partial charge in [-0.15, -0.1) is 0 Å². The van der Waals surface area contributed by atoms with E-state index in [2.05, 4.69) is 19.2 Å². The molecule has 0 unspecified atom stereocenters. The molecular formula is C13H20ClN3O. The number of carbonyl (C=O) groups excluding carboxylic acids is 1. The largest absolute Gasteiger partial charge is 0.399 e. The van der Waals surface area contributed by atoms with Gasteiger partial charge in [-0.25, -0.2) is 0 Å². The summed E-state index contributed by atoms with van der Waals surface area (Å²) in [5.41, 5.74) is 12.3. The maximum Gasteiger partial charge on any atom is 0.250 e. The molecule has 0 radical (unpaired) electrons. The van der Waals surface area contributed by atoms with Crippen molar-refractivity contribution in [2.75, 3.05) is 17.6 Å². The van der Waals surface area contributed by atoms with Gasteiger partial charge in [0.25, 0.3) is 5.91 Å². The normalized spacial score (nSPS) is 10.7. The second kappa shape index (κ2) is 6.50. The van der Waals surface area contributed by atoms with Crippen LogP contribution in [0.1, 0.15) is 37.0 Å². The SMILES string of the molecule is CC(C)CCCNc1c(Cl)cc(N)cc1C(N)=O. The third-order valence-electron chi connectivity index (χ3n) is 2.64. The molecule has 0 aliphatic rings. The summed E-state index contributed by atoms with van der Waals surface area (Å²) in [6.07, 6.45) is 2.13. The fourth-order valence-electron chi connectivity index (χ4n) is 1.73. The number of hydrogen-bond donors (Lipinski definition) is 3. The van der Waals surface area contributed by atoms with Gasteiger partial charge >= 0.3 is 0 Å². The number of primary amides is 1. The van der Waals surface area contributed by atoms with Gasteiger partial charge < -0.3 is 16.8 Å². The number of rotatable bonds is 6. The first-order chi connectivity index (χ1) is 8.41. The van der Waals surface area contributed by atoms with E-state index in [4.69, 9.17) is 23.1 Å². The maximum atomic E-state index is 11.3. The van der Waals surface area contributed by atoms with E-state index in [0.29, 0.717) is 27.9 Å². The van der Waals surface area contributed by atoms with Crippen LogP contribution >= 0.6 is 11.6 Å². The molecule has 0 saturated carbocycles. The Morgan fingerprint density at radius 2 is 2.11 bits per heavy atom. The molecule has 100 valence electrons. The Morgan fingerprint density at radius 3 is 2.67 bits per heavy atom. The van der Waals surface area contributed by atoms with Crippen LogP contribution in [0.4, 0.5) is 11.4 Å². The first-order valence-electron chi connectivity index (χ1n) is 6.04. The smallest absolute Gasteiger partial charge is 0.250 e. The molecule has 5 N–H and O–H groups in total. The van der Waals surface area contributed by atoms with Crippen molar-refractivity contribution in [2.24, 2.45) is 11.7 Å². The molecule has 1 amide bonds. The van der Waals surface area contributed by atoms with Crippen molar-refractivity contribution < 1.29 is 4.79 Å². The lowest BCUT2D eigenvalue weighted by atomic mass is 10.1. The van der Waals surface area contributed by atoms with Crippen molar-refractivity contribution in [3.8, 4) is 0 Å². The third kappa shape index (κ3) is 4.11. The number of nitrogen functional groups attached to an aromatic ring is 1. The molecule has 0 aliphatic heterocycles. The van der Waals surface area contributed by atoms with E-state index in [9.17, 15) is 4.79 Å². The van der Waals surface area contributed by atoms with Crippen LogP contribution in [0.5, 0.6) is 0 Å². The van der Waals surface area contributed by atoms with E-state index >= 15 is 0 Å². The van der Waals surface area contributed by atoms with Gasteiger partial charge in [0, 0.05) is 12.2 Å². The molecular weight excluding hydrogens is 250 g/mol. The fourth-order valence-corrected chi connectivity index (χ4v) is 2.02. The predicted octanol–water partition coefficient (Wildman–Crippen LogP) is 2.87. The second-order valence-corrected chi connectivity index (χ2v) is 5.16. The predicted molar refractivity (Wildman–Crippen MR) is 76.9 cm³/mol. The van der Waals surface area contributed by atoms with E-state index in [-0.39, 0.29) is 0 Å². The van der Waals surface area contributed by atoms with Crippen LogP contribution in [0.3, 0.4) is 0 Å². The first-order valence-corrected chi connectivity index (χ1v) is 6.42. The summed E-state index contributed by atoms with van der Waals surface area (Å²) >= 11 is 6.07. The molecule has 0 fully saturated rings. The number of amides is 1. The quantitative estimate of drug-likeness (QED) is 0.549. The minimum absolute atomic E-state index is 0.338. The van der Waals surface area contributed by atoms with Gasteiger partial charge in [0.1, 0.15) is 0 Å². The van der Waals surface area contributed by atoms with Crippen LogP contribution < -0.4 is 16.8 Å². The number of benzene rings is 1. The van der Waals surface area contributed by atoms with Gasteiger partial charge in [-0.2, -0.15) is 0 Å². The van der Waals surface area contributed by atoms with Crippen molar-refractivity contribution >= 4 is 28.9 Å². The molecule has 0 heterocycles. The minimum atomic E-state index is -0.532. The van der Waals surface area contributed by atoms with Crippen LogP contribution in [0.2, 0.25) is 5.02 Å². The molecule has 0 aliphatic carbocycles. The Labute approximate surface area is 113 Å². The summed E-state index contributed by atoms with van der Waals surface area (Å²) in [5, 5.41) is 3.58. The van der Waals surface area contributed by atoms with E-state index in [1.165, 1.54) is 0 Å². The Hall–Kier alpha value is -1.42. The zero-order valence-electron chi connectivity index (χ0n) is 10.8. The zero-order chi connectivity index (χ0) is 13.7. The molecule has 5 heteroatoms. The van der Waals surface area contributed by atoms with Crippen LogP contribution in [-0.2, 0) is 0 Å².